The summed E-state index contributed by atoms with van der Waals surface area (Å²) >= 11 is 5.39. The van der Waals surface area contributed by atoms with Gasteiger partial charge in [-0.1, -0.05) is 26.0 Å². The van der Waals surface area contributed by atoms with Crippen LogP contribution in [-0.4, -0.2) is 22.8 Å². The number of H-pyrrole nitrogens is 1. The summed E-state index contributed by atoms with van der Waals surface area (Å²) in [6.45, 7) is 4.23. The number of aromatic amines is 1. The van der Waals surface area contributed by atoms with Gasteiger partial charge >= 0.3 is 0 Å². The van der Waals surface area contributed by atoms with Crippen molar-refractivity contribution in [1.29, 1.82) is 0 Å². The number of hydrogen-bond acceptors (Lipinski definition) is 3. The molecule has 5 heteroatoms. The van der Waals surface area contributed by atoms with Crippen LogP contribution in [0.15, 0.2) is 29.1 Å². The second-order valence-corrected chi connectivity index (χ2v) is 6.33. The highest BCUT2D eigenvalue weighted by molar-refractivity contribution is 7.71. The molecule has 4 nitrogen and oxygen atoms in total. The smallest absolute Gasteiger partial charge is 0.262 e. The Hall–Kier alpha value is -1.46. The normalized spacial score (nSPS) is 24.6. The van der Waals surface area contributed by atoms with Crippen LogP contribution in [0.3, 0.4) is 0 Å². The standard InChI is InChI=1S/C15H18N2O2S/c1-15(2)11(8-12(15)19-3)17-13(18)9-6-4-5-7-10(9)16-14(17)20/h4-7,11-12H,8H2,1-3H3,(H,16,20). The molecule has 1 heterocycles. The summed E-state index contributed by atoms with van der Waals surface area (Å²) in [5.41, 5.74) is 0.679. The summed E-state index contributed by atoms with van der Waals surface area (Å²) in [5, 5.41) is 0.678. The molecule has 20 heavy (non-hydrogen) atoms. The van der Waals surface area contributed by atoms with Gasteiger partial charge in [-0.25, -0.2) is 0 Å². The van der Waals surface area contributed by atoms with Crippen molar-refractivity contribution < 1.29 is 4.74 Å². The number of rotatable bonds is 2. The van der Waals surface area contributed by atoms with E-state index in [1.807, 2.05) is 24.3 Å². The van der Waals surface area contributed by atoms with E-state index in [2.05, 4.69) is 18.8 Å². The SMILES string of the molecule is COC1CC(n2c(=S)[nH]c3ccccc3c2=O)C1(C)C. The lowest BCUT2D eigenvalue weighted by molar-refractivity contribution is -0.114. The molecule has 1 aliphatic rings. The first-order chi connectivity index (χ1) is 9.46. The van der Waals surface area contributed by atoms with Gasteiger partial charge in [-0.15, -0.1) is 0 Å². The molecule has 1 aliphatic carbocycles. The fourth-order valence-electron chi connectivity index (χ4n) is 3.16. The van der Waals surface area contributed by atoms with Crippen LogP contribution in [0.4, 0.5) is 0 Å². The molecule has 1 N–H and O–H groups in total. The molecule has 1 aromatic heterocycles. The number of hydrogen-bond donors (Lipinski definition) is 1. The van der Waals surface area contributed by atoms with Crippen LogP contribution in [0.25, 0.3) is 10.9 Å². The number of nitrogens with one attached hydrogen (secondary N) is 1. The third-order valence-electron chi connectivity index (χ3n) is 4.56. The van der Waals surface area contributed by atoms with Crippen LogP contribution in [0.2, 0.25) is 0 Å². The number of ether oxygens (including phenoxy) is 1. The first-order valence-electron chi connectivity index (χ1n) is 6.73. The van der Waals surface area contributed by atoms with Crippen molar-refractivity contribution in [3.05, 3.63) is 39.4 Å². The van der Waals surface area contributed by atoms with Crippen molar-refractivity contribution in [2.45, 2.75) is 32.4 Å². The monoisotopic (exact) mass is 290 g/mol. The Morgan fingerprint density at radius 1 is 1.40 bits per heavy atom. The maximum atomic E-state index is 12.7. The van der Waals surface area contributed by atoms with Crippen molar-refractivity contribution in [3.8, 4) is 0 Å². The van der Waals surface area contributed by atoms with Gasteiger partial charge in [0.1, 0.15) is 0 Å². The van der Waals surface area contributed by atoms with Crippen molar-refractivity contribution in [1.82, 2.24) is 9.55 Å². The predicted octanol–water partition coefficient (Wildman–Crippen LogP) is 3.05. The minimum atomic E-state index is -0.0948. The van der Waals surface area contributed by atoms with Gasteiger partial charge in [-0.05, 0) is 30.8 Å². The molecule has 106 valence electrons. The fraction of sp³-hybridized carbons (Fsp3) is 0.467. The second kappa shape index (κ2) is 4.53. The van der Waals surface area contributed by atoms with E-state index >= 15 is 0 Å². The minimum Gasteiger partial charge on any atom is -0.381 e. The van der Waals surface area contributed by atoms with Gasteiger partial charge in [-0.3, -0.25) is 9.36 Å². The van der Waals surface area contributed by atoms with Crippen LogP contribution in [-0.2, 0) is 4.74 Å². The summed E-state index contributed by atoms with van der Waals surface area (Å²) in [5.74, 6) is 0. The Labute approximate surface area is 122 Å². The summed E-state index contributed by atoms with van der Waals surface area (Å²) in [6, 6.07) is 7.55. The minimum absolute atomic E-state index is 0.0167. The number of nitrogens with zero attached hydrogens (tertiary/aromatic N) is 1. The van der Waals surface area contributed by atoms with E-state index in [1.54, 1.807) is 11.7 Å². The van der Waals surface area contributed by atoms with Gasteiger partial charge in [0.2, 0.25) is 0 Å². The highest BCUT2D eigenvalue weighted by Crippen LogP contribution is 2.50. The lowest BCUT2D eigenvalue weighted by Crippen LogP contribution is -2.53. The molecule has 0 amide bonds. The third kappa shape index (κ3) is 1.77. The Bertz CT molecular complexity index is 775. The maximum Gasteiger partial charge on any atom is 0.262 e. The van der Waals surface area contributed by atoms with E-state index in [9.17, 15) is 4.79 Å². The highest BCUT2D eigenvalue weighted by atomic mass is 32.1. The third-order valence-corrected chi connectivity index (χ3v) is 4.86. The molecule has 1 fully saturated rings. The molecule has 1 aromatic carbocycles. The summed E-state index contributed by atoms with van der Waals surface area (Å²) in [7, 11) is 1.71. The van der Waals surface area contributed by atoms with E-state index in [1.165, 1.54) is 0 Å². The quantitative estimate of drug-likeness (QED) is 0.865. The lowest BCUT2D eigenvalue weighted by Gasteiger charge is -2.51. The van der Waals surface area contributed by atoms with E-state index in [0.29, 0.717) is 10.2 Å². The van der Waals surface area contributed by atoms with Crippen LogP contribution in [0.5, 0.6) is 0 Å². The van der Waals surface area contributed by atoms with Crippen LogP contribution >= 0.6 is 12.2 Å². The topological polar surface area (TPSA) is 47.0 Å². The molecule has 1 saturated carbocycles. The Balaban J connectivity index is 2.19. The van der Waals surface area contributed by atoms with Crippen molar-refractivity contribution in [3.63, 3.8) is 0 Å². The van der Waals surface area contributed by atoms with Crippen molar-refractivity contribution in [2.75, 3.05) is 7.11 Å². The van der Waals surface area contributed by atoms with Gasteiger partial charge < -0.3 is 9.72 Å². The maximum absolute atomic E-state index is 12.7. The van der Waals surface area contributed by atoms with Gasteiger partial charge in [0, 0.05) is 18.6 Å². The predicted molar refractivity (Wildman–Crippen MR) is 81.6 cm³/mol. The number of aromatic nitrogens is 2. The molecule has 0 saturated heterocycles. The summed E-state index contributed by atoms with van der Waals surface area (Å²) in [4.78, 5) is 15.9. The Morgan fingerprint density at radius 3 is 2.75 bits per heavy atom. The zero-order chi connectivity index (χ0) is 14.5. The fourth-order valence-corrected chi connectivity index (χ4v) is 3.48. The lowest BCUT2D eigenvalue weighted by atomic mass is 9.64. The molecule has 0 spiro atoms. The number of fused-ring (bicyclic) bond motifs is 1. The molecule has 0 bridgehead atoms. The average molecular weight is 290 g/mol. The summed E-state index contributed by atoms with van der Waals surface area (Å²) < 4.78 is 7.66. The number of para-hydroxylation sites is 1. The molecule has 0 aliphatic heterocycles. The van der Waals surface area contributed by atoms with E-state index in [0.717, 1.165) is 11.9 Å². The molecule has 2 unspecified atom stereocenters. The van der Waals surface area contributed by atoms with Crippen molar-refractivity contribution >= 4 is 23.1 Å². The van der Waals surface area contributed by atoms with E-state index in [-0.39, 0.29) is 23.1 Å². The van der Waals surface area contributed by atoms with E-state index in [4.69, 9.17) is 17.0 Å². The van der Waals surface area contributed by atoms with Gasteiger partial charge in [-0.2, -0.15) is 0 Å². The average Bonchev–Trinajstić information content (AvgIpc) is 2.41. The van der Waals surface area contributed by atoms with Crippen LogP contribution < -0.4 is 5.56 Å². The van der Waals surface area contributed by atoms with Gasteiger partial charge in [0.25, 0.3) is 5.56 Å². The second-order valence-electron chi connectivity index (χ2n) is 5.95. The molecule has 2 atom stereocenters. The Kier molecular flexibility index (Phi) is 3.06. The molecular weight excluding hydrogens is 272 g/mol. The molecule has 3 rings (SSSR count). The Morgan fingerprint density at radius 2 is 2.10 bits per heavy atom. The molecule has 0 radical (unpaired) electrons. The van der Waals surface area contributed by atoms with Crippen molar-refractivity contribution in [2.24, 2.45) is 5.41 Å². The van der Waals surface area contributed by atoms with Crippen LogP contribution in [0.1, 0.15) is 26.3 Å². The zero-order valence-corrected chi connectivity index (χ0v) is 12.7. The molecular formula is C15H18N2O2S. The first-order valence-corrected chi connectivity index (χ1v) is 7.14. The first kappa shape index (κ1) is 13.5. The van der Waals surface area contributed by atoms with Gasteiger partial charge in [0.15, 0.2) is 4.77 Å². The largest absolute Gasteiger partial charge is 0.381 e. The highest BCUT2D eigenvalue weighted by Gasteiger charge is 2.50. The van der Waals surface area contributed by atoms with Gasteiger partial charge in [0.05, 0.1) is 17.0 Å². The summed E-state index contributed by atoms with van der Waals surface area (Å²) in [6.07, 6.45) is 0.986. The van der Waals surface area contributed by atoms with E-state index < -0.39 is 0 Å². The van der Waals surface area contributed by atoms with Crippen LogP contribution in [0, 0.1) is 10.2 Å². The molecule has 2 aromatic rings. The number of methoxy groups -OCH3 is 1. The number of benzene rings is 1. The zero-order valence-electron chi connectivity index (χ0n) is 11.8.